The molecule has 5 atom stereocenters. The number of hydrogen-bond donors (Lipinski definition) is 3. The van der Waals surface area contributed by atoms with E-state index in [9.17, 15) is 43.2 Å². The van der Waals surface area contributed by atoms with Gasteiger partial charge in [0.2, 0.25) is 0 Å². The number of carbonyl (C=O) groups excluding carboxylic acids is 4. The molecule has 3 N–H and O–H groups in total. The second kappa shape index (κ2) is 80.4. The Morgan fingerprint density at radius 3 is 0.727 bits per heavy atom. The third kappa shape index (κ3) is 79.5. The first-order valence-electron chi connectivity index (χ1n) is 41.0. The Morgan fingerprint density at radius 2 is 0.455 bits per heavy atom. The summed E-state index contributed by atoms with van der Waals surface area (Å²) in [6, 6.07) is 0. The lowest BCUT2D eigenvalue weighted by Crippen LogP contribution is -2.30. The van der Waals surface area contributed by atoms with E-state index in [4.69, 9.17) is 37.0 Å². The summed E-state index contributed by atoms with van der Waals surface area (Å²) < 4.78 is 68.6. The van der Waals surface area contributed by atoms with Gasteiger partial charge in [0.1, 0.15) is 19.3 Å². The van der Waals surface area contributed by atoms with Crippen molar-refractivity contribution in [1.29, 1.82) is 0 Å². The number of aliphatic hydroxyl groups is 1. The van der Waals surface area contributed by atoms with Crippen molar-refractivity contribution in [2.75, 3.05) is 39.6 Å². The number of carbonyl (C=O) groups is 4. The van der Waals surface area contributed by atoms with E-state index in [1.54, 1.807) is 0 Å². The average Bonchev–Trinajstić information content (AvgIpc) is 0.904. The van der Waals surface area contributed by atoms with Crippen LogP contribution < -0.4 is 0 Å². The Labute approximate surface area is 664 Å². The lowest BCUT2D eigenvalue weighted by atomic mass is 10.1. The zero-order chi connectivity index (χ0) is 80.3. The first-order valence-corrected chi connectivity index (χ1v) is 44.0. The van der Waals surface area contributed by atoms with E-state index < -0.39 is 97.5 Å². The topological polar surface area (TPSA) is 237 Å². The van der Waals surface area contributed by atoms with Gasteiger partial charge in [-0.25, -0.2) is 9.13 Å². The number of allylic oxidation sites excluding steroid dienone is 36. The van der Waals surface area contributed by atoms with E-state index in [1.165, 1.54) is 0 Å². The quantitative estimate of drug-likeness (QED) is 0.0169. The van der Waals surface area contributed by atoms with Crippen LogP contribution >= 0.6 is 15.6 Å². The van der Waals surface area contributed by atoms with Gasteiger partial charge in [-0.3, -0.25) is 37.3 Å². The van der Waals surface area contributed by atoms with Gasteiger partial charge in [-0.1, -0.05) is 285 Å². The van der Waals surface area contributed by atoms with Crippen molar-refractivity contribution >= 4 is 39.5 Å². The first kappa shape index (κ1) is 103. The lowest BCUT2D eigenvalue weighted by Gasteiger charge is -2.21. The van der Waals surface area contributed by atoms with Gasteiger partial charge in [0, 0.05) is 25.7 Å². The summed E-state index contributed by atoms with van der Waals surface area (Å²) in [5, 5.41) is 10.7. The Hall–Kier alpha value is -6.62. The highest BCUT2D eigenvalue weighted by Gasteiger charge is 2.30. The van der Waals surface area contributed by atoms with Crippen LogP contribution in [0.4, 0.5) is 0 Å². The van der Waals surface area contributed by atoms with Crippen LogP contribution in [-0.4, -0.2) is 96.7 Å². The Balaban J connectivity index is 5.55. The molecule has 0 aromatic heterocycles. The fourth-order valence-corrected chi connectivity index (χ4v) is 11.4. The first-order chi connectivity index (χ1) is 53.7. The molecule has 0 rings (SSSR count). The molecular weight excluding hydrogens is 1430 g/mol. The molecule has 0 fully saturated rings. The molecule has 0 aliphatic rings. The molecule has 0 aliphatic heterocycles. The molecule has 0 saturated carbocycles. The van der Waals surface area contributed by atoms with Crippen molar-refractivity contribution in [1.82, 2.24) is 0 Å². The molecule has 0 heterocycles. The normalized spacial score (nSPS) is 14.9. The summed E-state index contributed by atoms with van der Waals surface area (Å²) in [6.07, 6.45) is 102. The minimum Gasteiger partial charge on any atom is -0.462 e. The Bertz CT molecular complexity index is 2950. The fraction of sp³-hybridized carbons (Fsp3) is 0.560. The van der Waals surface area contributed by atoms with Gasteiger partial charge in [-0.2, -0.15) is 0 Å². The van der Waals surface area contributed by atoms with Gasteiger partial charge < -0.3 is 33.8 Å². The molecule has 19 heteroatoms. The lowest BCUT2D eigenvalue weighted by molar-refractivity contribution is -0.161. The van der Waals surface area contributed by atoms with Gasteiger partial charge >= 0.3 is 39.5 Å². The van der Waals surface area contributed by atoms with Crippen LogP contribution in [0.15, 0.2) is 219 Å². The molecule has 5 unspecified atom stereocenters. The van der Waals surface area contributed by atoms with E-state index in [2.05, 4.69) is 222 Å². The third-order valence-corrected chi connectivity index (χ3v) is 17.8. The third-order valence-electron chi connectivity index (χ3n) is 15.9. The molecule has 0 bridgehead atoms. The van der Waals surface area contributed by atoms with Gasteiger partial charge in [-0.05, 0) is 180 Å². The van der Waals surface area contributed by atoms with E-state index >= 15 is 0 Å². The van der Waals surface area contributed by atoms with Crippen molar-refractivity contribution in [3.05, 3.63) is 219 Å². The molecule has 618 valence electrons. The van der Waals surface area contributed by atoms with Crippen molar-refractivity contribution in [2.45, 2.75) is 290 Å². The Kier molecular flexibility index (Phi) is 75.6. The molecule has 0 aromatic carbocycles. The van der Waals surface area contributed by atoms with Crippen molar-refractivity contribution in [3.63, 3.8) is 0 Å². The Morgan fingerprint density at radius 1 is 0.255 bits per heavy atom. The largest absolute Gasteiger partial charge is 0.472 e. The van der Waals surface area contributed by atoms with E-state index in [0.717, 1.165) is 180 Å². The number of hydrogen-bond acceptors (Lipinski definition) is 15. The highest BCUT2D eigenvalue weighted by atomic mass is 31.2. The summed E-state index contributed by atoms with van der Waals surface area (Å²) in [5.41, 5.74) is 0. The maximum absolute atomic E-state index is 13.1. The monoisotopic (exact) mass is 1570 g/mol. The summed E-state index contributed by atoms with van der Waals surface area (Å²) in [6.45, 7) is 4.21. The second-order valence-electron chi connectivity index (χ2n) is 26.2. The van der Waals surface area contributed by atoms with Gasteiger partial charge in [0.05, 0.1) is 26.4 Å². The zero-order valence-electron chi connectivity index (χ0n) is 67.6. The predicted molar refractivity (Wildman–Crippen MR) is 454 cm³/mol. The van der Waals surface area contributed by atoms with Crippen molar-refractivity contribution in [2.24, 2.45) is 0 Å². The maximum Gasteiger partial charge on any atom is 0.472 e. The summed E-state index contributed by atoms with van der Waals surface area (Å²) in [5.74, 6) is -2.38. The highest BCUT2D eigenvalue weighted by molar-refractivity contribution is 7.47. The van der Waals surface area contributed by atoms with Gasteiger partial charge in [0.15, 0.2) is 12.2 Å². The van der Waals surface area contributed by atoms with Crippen LogP contribution in [0.5, 0.6) is 0 Å². The van der Waals surface area contributed by atoms with Crippen LogP contribution in [0, 0.1) is 0 Å². The molecular formula is C91H142O17P2. The van der Waals surface area contributed by atoms with Crippen LogP contribution in [0.1, 0.15) is 272 Å². The maximum atomic E-state index is 13.1. The molecule has 110 heavy (non-hydrogen) atoms. The standard InChI is InChI=1S/C91H142O17P2/c1-5-9-13-17-21-25-29-33-37-41-42-46-48-52-56-60-64-68-72-76-89(94)102-82-87(108-91(96)78-74-70-66-62-58-54-50-45-40-36-32-28-24-20-16-12-8-4)84-106-110(99,100)104-80-85(92)79-103-109(97,98)105-83-86(107-90(95)77-73-69-65-61-57-53-49-44-39-35-31-27-23-19-15-11-7-3)81-101-88(93)75-71-67-63-59-55-51-47-43-38-34-30-26-22-18-14-10-6-2/h9-16,21-28,33-40,42,46-47,49-51,53-54,59,61,63,65,85-87,92H,5-8,17-20,29-32,41,43-45,48,52,55-58,60,62,64,66-84H2,1-4H3,(H,97,98)(H,99,100)/b13-9-,14-10-,15-11-,16-12-,25-21-,26-22-,27-23-,28-24-,37-33-,38-34-,39-35-,40-36-,46-42-,51-47-,53-49-,54-50-,63-59-,65-61-. The van der Waals surface area contributed by atoms with Gasteiger partial charge in [0.25, 0.3) is 0 Å². The predicted octanol–water partition coefficient (Wildman–Crippen LogP) is 24.4. The van der Waals surface area contributed by atoms with Crippen LogP contribution in [0.3, 0.4) is 0 Å². The van der Waals surface area contributed by atoms with E-state index in [0.29, 0.717) is 38.5 Å². The fourth-order valence-electron chi connectivity index (χ4n) is 9.86. The van der Waals surface area contributed by atoms with Gasteiger partial charge in [-0.15, -0.1) is 0 Å². The number of phosphoric acid groups is 2. The zero-order valence-corrected chi connectivity index (χ0v) is 69.4. The van der Waals surface area contributed by atoms with E-state index in [-0.39, 0.29) is 25.7 Å². The minimum atomic E-state index is -5.02. The molecule has 0 amide bonds. The molecule has 0 aromatic rings. The molecule has 0 saturated heterocycles. The smallest absolute Gasteiger partial charge is 0.462 e. The van der Waals surface area contributed by atoms with Crippen LogP contribution in [-0.2, 0) is 65.4 Å². The number of unbranched alkanes of at least 4 members (excludes halogenated alkanes) is 12. The number of phosphoric ester groups is 2. The summed E-state index contributed by atoms with van der Waals surface area (Å²) in [7, 11) is -10.0. The SMILES string of the molecule is CC/C=C\C/C=C\C/C=C\C/C=C\C/C=C\CCCC(=O)OCC(COP(=O)(O)OCC(O)COP(=O)(O)OCC(COC(=O)CCCCCCCC/C=C\C/C=C\C/C=C\C/C=C\CC)OC(=O)CCCCCC/C=C\C/C=C\C/C=C\C/C=C\CC)OC(=O)CCC/C=C\C/C=C\C/C=C\C/C=C\C/C=C\CC. The summed E-state index contributed by atoms with van der Waals surface area (Å²) in [4.78, 5) is 73.2. The second-order valence-corrected chi connectivity index (χ2v) is 29.1. The molecule has 0 spiro atoms. The number of aliphatic hydroxyl groups excluding tert-OH is 1. The highest BCUT2D eigenvalue weighted by Crippen LogP contribution is 2.45. The molecule has 17 nitrogen and oxygen atoms in total. The number of rotatable bonds is 74. The molecule has 0 radical (unpaired) electrons. The van der Waals surface area contributed by atoms with Crippen LogP contribution in [0.2, 0.25) is 0 Å². The minimum absolute atomic E-state index is 0.00595. The summed E-state index contributed by atoms with van der Waals surface area (Å²) >= 11 is 0. The number of ether oxygens (including phenoxy) is 4. The van der Waals surface area contributed by atoms with Crippen LogP contribution in [0.25, 0.3) is 0 Å². The average molecular weight is 1570 g/mol. The number of esters is 4. The van der Waals surface area contributed by atoms with Crippen molar-refractivity contribution in [3.8, 4) is 0 Å². The van der Waals surface area contributed by atoms with E-state index in [1.807, 2.05) is 24.3 Å². The van der Waals surface area contributed by atoms with Crippen molar-refractivity contribution < 1.29 is 80.2 Å². The molecule has 0 aliphatic carbocycles.